The van der Waals surface area contributed by atoms with Gasteiger partial charge < -0.3 is 45.9 Å². The summed E-state index contributed by atoms with van der Waals surface area (Å²) in [5.41, 5.74) is 5.21. The van der Waals surface area contributed by atoms with Crippen molar-refractivity contribution in [2.75, 3.05) is 13.2 Å². The molecule has 15 nitrogen and oxygen atoms in total. The maximum absolute atomic E-state index is 13.5. The number of rotatable bonds is 21. The van der Waals surface area contributed by atoms with Crippen molar-refractivity contribution in [3.8, 4) is 5.75 Å². The molecule has 2 aromatic rings. The molecule has 0 heterocycles. The van der Waals surface area contributed by atoms with Crippen molar-refractivity contribution < 1.29 is 47.7 Å². The molecule has 0 aliphatic carbocycles. The second-order valence-corrected chi connectivity index (χ2v) is 19.6. The first kappa shape index (κ1) is 53.0. The normalized spacial score (nSPS) is 14.0. The van der Waals surface area contributed by atoms with Crippen LogP contribution in [-0.4, -0.2) is 89.9 Å². The molecule has 346 valence electrons. The zero-order valence-corrected chi connectivity index (χ0v) is 39.0. The van der Waals surface area contributed by atoms with E-state index in [9.17, 15) is 28.8 Å². The third kappa shape index (κ3) is 22.6. The SMILES string of the molecule is CC(C)(C)OC(=O)CC[C@H](NC(=O)N[C@@H](CCCCNC(=O)[C@H](Cc1ccccc1)NC(=O)COc1ccc(C[C@H](N)C(=O)OC(C)(C)C)cc1)C(C)(C)C)C(=O)OC(C)(C)C. The molecule has 0 spiro atoms. The summed E-state index contributed by atoms with van der Waals surface area (Å²) >= 11 is 0. The monoisotopic (exact) mass is 868 g/mol. The first-order valence-corrected chi connectivity index (χ1v) is 21.4. The number of ether oxygens (including phenoxy) is 4. The largest absolute Gasteiger partial charge is 0.484 e. The van der Waals surface area contributed by atoms with Crippen LogP contribution in [0, 0.1) is 5.41 Å². The van der Waals surface area contributed by atoms with Crippen molar-refractivity contribution in [1.29, 1.82) is 0 Å². The third-order valence-electron chi connectivity index (χ3n) is 9.02. The topological polar surface area (TPSA) is 213 Å². The Balaban J connectivity index is 1.97. The lowest BCUT2D eigenvalue weighted by Crippen LogP contribution is -2.53. The molecule has 0 aliphatic rings. The van der Waals surface area contributed by atoms with Gasteiger partial charge in [-0.2, -0.15) is 0 Å². The number of carbonyl (C=O) groups excluding carboxylic acids is 6. The number of unbranched alkanes of at least 4 members (excludes halogenated alkanes) is 1. The van der Waals surface area contributed by atoms with E-state index in [0.717, 1.165) is 11.1 Å². The van der Waals surface area contributed by atoms with Crippen LogP contribution in [0.3, 0.4) is 0 Å². The van der Waals surface area contributed by atoms with Gasteiger partial charge in [-0.05, 0) is 123 Å². The number of nitrogens with two attached hydrogens (primary N) is 1. The van der Waals surface area contributed by atoms with Crippen LogP contribution in [0.5, 0.6) is 5.75 Å². The van der Waals surface area contributed by atoms with Crippen molar-refractivity contribution in [3.05, 3.63) is 65.7 Å². The highest BCUT2D eigenvalue weighted by molar-refractivity contribution is 5.88. The van der Waals surface area contributed by atoms with E-state index in [4.69, 9.17) is 24.7 Å². The van der Waals surface area contributed by atoms with E-state index in [1.165, 1.54) is 0 Å². The number of amides is 4. The van der Waals surface area contributed by atoms with Gasteiger partial charge in [0.25, 0.3) is 5.91 Å². The van der Waals surface area contributed by atoms with Gasteiger partial charge in [0.05, 0.1) is 0 Å². The summed E-state index contributed by atoms with van der Waals surface area (Å²) in [4.78, 5) is 77.6. The zero-order chi connectivity index (χ0) is 46.9. The summed E-state index contributed by atoms with van der Waals surface area (Å²) in [5.74, 6) is -2.03. The van der Waals surface area contributed by atoms with E-state index in [0.29, 0.717) is 31.6 Å². The van der Waals surface area contributed by atoms with Crippen molar-refractivity contribution in [1.82, 2.24) is 21.3 Å². The van der Waals surface area contributed by atoms with Gasteiger partial charge in [-0.3, -0.25) is 19.2 Å². The molecule has 0 fully saturated rings. The number of hydrogen-bond donors (Lipinski definition) is 5. The molecule has 15 heteroatoms. The molecule has 6 N–H and O–H groups in total. The van der Waals surface area contributed by atoms with E-state index in [2.05, 4.69) is 21.3 Å². The highest BCUT2D eigenvalue weighted by Gasteiger charge is 2.31. The maximum Gasteiger partial charge on any atom is 0.329 e. The van der Waals surface area contributed by atoms with Crippen molar-refractivity contribution >= 4 is 35.8 Å². The van der Waals surface area contributed by atoms with Crippen LogP contribution in [-0.2, 0) is 51.0 Å². The number of esters is 3. The Bertz CT molecular complexity index is 1760. The number of hydrogen-bond acceptors (Lipinski definition) is 11. The first-order valence-electron chi connectivity index (χ1n) is 21.4. The molecule has 62 heavy (non-hydrogen) atoms. The molecule has 4 atom stereocenters. The van der Waals surface area contributed by atoms with Gasteiger partial charge in [-0.25, -0.2) is 9.59 Å². The Hall–Kier alpha value is -5.18. The van der Waals surface area contributed by atoms with E-state index in [1.54, 1.807) is 86.6 Å². The van der Waals surface area contributed by atoms with Crippen molar-refractivity contribution in [2.45, 2.75) is 169 Å². The van der Waals surface area contributed by atoms with Gasteiger partial charge in [0.2, 0.25) is 5.91 Å². The second kappa shape index (κ2) is 23.9. The van der Waals surface area contributed by atoms with Crippen molar-refractivity contribution in [3.63, 3.8) is 0 Å². The van der Waals surface area contributed by atoms with Gasteiger partial charge >= 0.3 is 23.9 Å². The van der Waals surface area contributed by atoms with Crippen LogP contribution in [0.15, 0.2) is 54.6 Å². The molecular weight excluding hydrogens is 795 g/mol. The Morgan fingerprint density at radius 2 is 1.18 bits per heavy atom. The summed E-state index contributed by atoms with van der Waals surface area (Å²) in [5, 5.41) is 11.5. The molecule has 2 aromatic carbocycles. The number of urea groups is 1. The summed E-state index contributed by atoms with van der Waals surface area (Å²) in [6.07, 6.45) is 2.25. The van der Waals surface area contributed by atoms with Gasteiger partial charge in [0, 0.05) is 25.4 Å². The predicted molar refractivity (Wildman–Crippen MR) is 238 cm³/mol. The van der Waals surface area contributed by atoms with Crippen LogP contribution in [0.2, 0.25) is 0 Å². The lowest BCUT2D eigenvalue weighted by molar-refractivity contribution is -0.159. The van der Waals surface area contributed by atoms with Crippen LogP contribution < -0.4 is 31.7 Å². The molecule has 2 rings (SSSR count). The van der Waals surface area contributed by atoms with Gasteiger partial charge in [0.1, 0.15) is 40.7 Å². The average molecular weight is 868 g/mol. The summed E-state index contributed by atoms with van der Waals surface area (Å²) in [7, 11) is 0. The lowest BCUT2D eigenvalue weighted by atomic mass is 9.84. The Morgan fingerprint density at radius 1 is 0.613 bits per heavy atom. The zero-order valence-electron chi connectivity index (χ0n) is 39.0. The fraction of sp³-hybridized carbons (Fsp3) is 0.617. The second-order valence-electron chi connectivity index (χ2n) is 19.6. The first-order chi connectivity index (χ1) is 28.6. The Kier molecular flexibility index (Phi) is 20.4. The number of nitrogens with one attached hydrogen (secondary N) is 4. The Labute approximate surface area is 368 Å². The minimum atomic E-state index is -1.08. The summed E-state index contributed by atoms with van der Waals surface area (Å²) in [6, 6.07) is 12.6. The van der Waals surface area contributed by atoms with E-state index in [-0.39, 0.29) is 49.7 Å². The van der Waals surface area contributed by atoms with Crippen molar-refractivity contribution in [2.24, 2.45) is 11.1 Å². The molecule has 0 unspecified atom stereocenters. The smallest absolute Gasteiger partial charge is 0.329 e. The lowest BCUT2D eigenvalue weighted by Gasteiger charge is -2.32. The van der Waals surface area contributed by atoms with Gasteiger partial charge in [-0.1, -0.05) is 63.2 Å². The number of benzene rings is 2. The van der Waals surface area contributed by atoms with Gasteiger partial charge in [-0.15, -0.1) is 0 Å². The van der Waals surface area contributed by atoms with E-state index >= 15 is 0 Å². The fourth-order valence-electron chi connectivity index (χ4n) is 6.05. The molecule has 0 saturated heterocycles. The standard InChI is InChI=1S/C47H73N5O10/c1-44(2,3)37(52-43(58)51-35(42(57)62-47(10,11)12)25-26-39(54)60-45(4,5)6)20-16-17-27-49-40(55)36(29-31-18-14-13-15-19-31)50-38(53)30-59-33-23-21-32(22-24-33)28-34(48)41(56)61-46(7,8)9/h13-15,18-19,21-24,34-37H,16-17,20,25-30,48H2,1-12H3,(H,49,55)(H,50,53)(H2,51,52,58)/t34-,35-,36-,37-/m0/s1. The molecule has 0 aromatic heterocycles. The van der Waals surface area contributed by atoms with Crippen LogP contribution in [0.4, 0.5) is 4.79 Å². The minimum absolute atomic E-state index is 0.000480. The fourth-order valence-corrected chi connectivity index (χ4v) is 6.05. The highest BCUT2D eigenvalue weighted by atomic mass is 16.6. The third-order valence-corrected chi connectivity index (χ3v) is 9.02. The average Bonchev–Trinajstić information content (AvgIpc) is 3.13. The number of carbonyl (C=O) groups is 6. The van der Waals surface area contributed by atoms with Crippen LogP contribution in [0.1, 0.15) is 126 Å². The van der Waals surface area contributed by atoms with Crippen LogP contribution in [0.25, 0.3) is 0 Å². The van der Waals surface area contributed by atoms with E-state index < -0.39 is 64.8 Å². The molecular formula is C47H73N5O10. The quantitative estimate of drug-likeness (QED) is 0.0572. The molecule has 0 aliphatic heterocycles. The molecule has 4 amide bonds. The predicted octanol–water partition coefficient (Wildman–Crippen LogP) is 5.84. The van der Waals surface area contributed by atoms with E-state index in [1.807, 2.05) is 51.1 Å². The maximum atomic E-state index is 13.5. The molecule has 0 bridgehead atoms. The highest BCUT2D eigenvalue weighted by Crippen LogP contribution is 2.24. The summed E-state index contributed by atoms with van der Waals surface area (Å²) in [6.45, 7) is 21.8. The molecule has 0 radical (unpaired) electrons. The minimum Gasteiger partial charge on any atom is -0.484 e. The van der Waals surface area contributed by atoms with Crippen LogP contribution >= 0.6 is 0 Å². The van der Waals surface area contributed by atoms with Gasteiger partial charge in [0.15, 0.2) is 6.61 Å². The molecule has 0 saturated carbocycles. The summed E-state index contributed by atoms with van der Waals surface area (Å²) < 4.78 is 22.0. The Morgan fingerprint density at radius 3 is 1.74 bits per heavy atom.